The number of hydrogen-bond donors (Lipinski definition) is 1. The van der Waals surface area contributed by atoms with Crippen LogP contribution in [0.2, 0.25) is 0 Å². The van der Waals surface area contributed by atoms with Crippen LogP contribution in [0, 0.1) is 23.7 Å². The van der Waals surface area contributed by atoms with Gasteiger partial charge in [-0.2, -0.15) is 0 Å². The normalized spacial score (nSPS) is 42.2. The maximum atomic E-state index is 3.99. The molecule has 0 aromatic rings. The third-order valence-electron chi connectivity index (χ3n) is 5.73. The molecule has 2 saturated carbocycles. The number of nitrogens with one attached hydrogen (secondary N) is 1. The molecule has 1 nitrogen and oxygen atoms in total. The molecule has 106 valence electrons. The van der Waals surface area contributed by atoms with E-state index in [4.69, 9.17) is 0 Å². The fourth-order valence-electron chi connectivity index (χ4n) is 4.02. The quantitative estimate of drug-likeness (QED) is 0.772. The van der Waals surface area contributed by atoms with Crippen molar-refractivity contribution in [3.63, 3.8) is 0 Å². The Balaban J connectivity index is 1.79. The highest BCUT2D eigenvalue weighted by atomic mass is 15.0. The Labute approximate surface area is 114 Å². The molecule has 1 heteroatoms. The molecular formula is C17H33N. The molecule has 18 heavy (non-hydrogen) atoms. The van der Waals surface area contributed by atoms with Crippen LogP contribution in [-0.2, 0) is 0 Å². The van der Waals surface area contributed by atoms with Crippen molar-refractivity contribution < 1.29 is 0 Å². The average molecular weight is 251 g/mol. The van der Waals surface area contributed by atoms with Gasteiger partial charge in [0.15, 0.2) is 0 Å². The van der Waals surface area contributed by atoms with Gasteiger partial charge in [-0.1, -0.05) is 40.5 Å². The van der Waals surface area contributed by atoms with Gasteiger partial charge in [-0.25, -0.2) is 0 Å². The zero-order chi connectivity index (χ0) is 13.1. The molecule has 0 heterocycles. The summed E-state index contributed by atoms with van der Waals surface area (Å²) in [5.41, 5.74) is 0. The first-order valence-corrected chi connectivity index (χ1v) is 8.32. The Morgan fingerprint density at radius 3 is 2.22 bits per heavy atom. The van der Waals surface area contributed by atoms with Crippen molar-refractivity contribution in [2.24, 2.45) is 23.7 Å². The number of rotatable bonds is 3. The topological polar surface area (TPSA) is 12.0 Å². The van der Waals surface area contributed by atoms with Crippen molar-refractivity contribution in [3.8, 4) is 0 Å². The zero-order valence-corrected chi connectivity index (χ0v) is 12.9. The van der Waals surface area contributed by atoms with Gasteiger partial charge in [0.2, 0.25) is 0 Å². The SMILES string of the molecule is CC(C)C1CCCC(NC2CCC(C)C(C)C2)C1. The first-order valence-electron chi connectivity index (χ1n) is 8.32. The van der Waals surface area contributed by atoms with Crippen LogP contribution in [0.25, 0.3) is 0 Å². The van der Waals surface area contributed by atoms with E-state index in [2.05, 4.69) is 33.0 Å². The molecule has 2 aliphatic rings. The smallest absolute Gasteiger partial charge is 0.00723 e. The largest absolute Gasteiger partial charge is 0.311 e. The molecule has 0 aliphatic heterocycles. The zero-order valence-electron chi connectivity index (χ0n) is 12.9. The first-order chi connectivity index (χ1) is 8.56. The second-order valence-corrected chi connectivity index (χ2v) is 7.50. The maximum absolute atomic E-state index is 3.99. The summed E-state index contributed by atoms with van der Waals surface area (Å²) in [5, 5.41) is 3.99. The second-order valence-electron chi connectivity index (χ2n) is 7.50. The molecule has 0 amide bonds. The molecule has 5 unspecified atom stereocenters. The lowest BCUT2D eigenvalue weighted by Crippen LogP contribution is -2.44. The standard InChI is InChI=1S/C17H33N/c1-12(2)15-6-5-7-16(11-15)18-17-9-8-13(3)14(4)10-17/h12-18H,5-11H2,1-4H3. The van der Waals surface area contributed by atoms with E-state index in [9.17, 15) is 0 Å². The average Bonchev–Trinajstić information content (AvgIpc) is 2.34. The van der Waals surface area contributed by atoms with Crippen LogP contribution in [0.3, 0.4) is 0 Å². The monoisotopic (exact) mass is 251 g/mol. The van der Waals surface area contributed by atoms with E-state index in [0.29, 0.717) is 0 Å². The fourth-order valence-corrected chi connectivity index (χ4v) is 4.02. The van der Waals surface area contributed by atoms with Crippen molar-refractivity contribution in [2.45, 2.75) is 84.7 Å². The van der Waals surface area contributed by atoms with Crippen LogP contribution >= 0.6 is 0 Å². The molecular weight excluding hydrogens is 218 g/mol. The molecule has 2 rings (SSSR count). The van der Waals surface area contributed by atoms with Crippen molar-refractivity contribution in [3.05, 3.63) is 0 Å². The van der Waals surface area contributed by atoms with E-state index in [-0.39, 0.29) is 0 Å². The van der Waals surface area contributed by atoms with Gasteiger partial charge in [-0.15, -0.1) is 0 Å². The summed E-state index contributed by atoms with van der Waals surface area (Å²) < 4.78 is 0. The van der Waals surface area contributed by atoms with E-state index in [0.717, 1.165) is 35.8 Å². The summed E-state index contributed by atoms with van der Waals surface area (Å²) in [4.78, 5) is 0. The van der Waals surface area contributed by atoms with Gasteiger partial charge < -0.3 is 5.32 Å². The van der Waals surface area contributed by atoms with Crippen LogP contribution in [0.15, 0.2) is 0 Å². The second kappa shape index (κ2) is 6.41. The highest BCUT2D eigenvalue weighted by molar-refractivity contribution is 4.86. The Morgan fingerprint density at radius 2 is 1.56 bits per heavy atom. The molecule has 0 bridgehead atoms. The van der Waals surface area contributed by atoms with Crippen molar-refractivity contribution in [1.82, 2.24) is 5.32 Å². The molecule has 0 aromatic carbocycles. The predicted molar refractivity (Wildman–Crippen MR) is 79.7 cm³/mol. The van der Waals surface area contributed by atoms with Crippen LogP contribution in [-0.4, -0.2) is 12.1 Å². The van der Waals surface area contributed by atoms with Crippen molar-refractivity contribution in [1.29, 1.82) is 0 Å². The lowest BCUT2D eigenvalue weighted by Gasteiger charge is -2.38. The highest BCUT2D eigenvalue weighted by Gasteiger charge is 2.29. The van der Waals surface area contributed by atoms with Gasteiger partial charge in [0, 0.05) is 12.1 Å². The molecule has 0 aromatic heterocycles. The van der Waals surface area contributed by atoms with Gasteiger partial charge in [0.1, 0.15) is 0 Å². The van der Waals surface area contributed by atoms with Crippen LogP contribution < -0.4 is 5.32 Å². The Bertz CT molecular complexity index is 248. The molecule has 5 atom stereocenters. The van der Waals surface area contributed by atoms with E-state index in [1.165, 1.54) is 44.9 Å². The van der Waals surface area contributed by atoms with E-state index < -0.39 is 0 Å². The van der Waals surface area contributed by atoms with Gasteiger partial charge >= 0.3 is 0 Å². The molecule has 2 fully saturated rings. The first kappa shape index (κ1) is 14.4. The van der Waals surface area contributed by atoms with E-state index >= 15 is 0 Å². The van der Waals surface area contributed by atoms with E-state index in [1.807, 2.05) is 0 Å². The highest BCUT2D eigenvalue weighted by Crippen LogP contribution is 2.33. The molecule has 0 radical (unpaired) electrons. The minimum absolute atomic E-state index is 0.812. The van der Waals surface area contributed by atoms with E-state index in [1.54, 1.807) is 0 Å². The summed E-state index contributed by atoms with van der Waals surface area (Å²) >= 11 is 0. The fraction of sp³-hybridized carbons (Fsp3) is 1.00. The predicted octanol–water partition coefficient (Wildman–Crippen LogP) is 4.62. The van der Waals surface area contributed by atoms with Gasteiger partial charge in [0.25, 0.3) is 0 Å². The van der Waals surface area contributed by atoms with Crippen molar-refractivity contribution in [2.75, 3.05) is 0 Å². The third-order valence-corrected chi connectivity index (χ3v) is 5.73. The Hall–Kier alpha value is -0.0400. The van der Waals surface area contributed by atoms with Crippen molar-refractivity contribution >= 4 is 0 Å². The summed E-state index contributed by atoms with van der Waals surface area (Å²) in [6.07, 6.45) is 10.0. The Kier molecular flexibility index (Phi) is 5.12. The van der Waals surface area contributed by atoms with Crippen LogP contribution in [0.4, 0.5) is 0 Å². The minimum Gasteiger partial charge on any atom is -0.311 e. The molecule has 0 spiro atoms. The molecule has 0 saturated heterocycles. The lowest BCUT2D eigenvalue weighted by molar-refractivity contribution is 0.176. The summed E-state index contributed by atoms with van der Waals surface area (Å²) in [7, 11) is 0. The summed E-state index contributed by atoms with van der Waals surface area (Å²) in [6, 6.07) is 1.63. The number of hydrogen-bond acceptors (Lipinski definition) is 1. The summed E-state index contributed by atoms with van der Waals surface area (Å²) in [6.45, 7) is 9.67. The molecule has 1 N–H and O–H groups in total. The molecule has 2 aliphatic carbocycles. The maximum Gasteiger partial charge on any atom is 0.00723 e. The summed E-state index contributed by atoms with van der Waals surface area (Å²) in [5.74, 6) is 3.70. The van der Waals surface area contributed by atoms with Crippen LogP contribution in [0.5, 0.6) is 0 Å². The third kappa shape index (κ3) is 3.73. The van der Waals surface area contributed by atoms with Gasteiger partial charge in [0.05, 0.1) is 0 Å². The van der Waals surface area contributed by atoms with Crippen LogP contribution in [0.1, 0.15) is 72.6 Å². The Morgan fingerprint density at radius 1 is 0.833 bits per heavy atom. The van der Waals surface area contributed by atoms with Gasteiger partial charge in [-0.05, 0) is 55.8 Å². The lowest BCUT2D eigenvalue weighted by atomic mass is 9.76. The minimum atomic E-state index is 0.812. The van der Waals surface area contributed by atoms with Gasteiger partial charge in [-0.3, -0.25) is 0 Å².